The van der Waals surface area contributed by atoms with E-state index in [-0.39, 0.29) is 5.91 Å². The minimum Gasteiger partial charge on any atom is -0.496 e. The molecule has 1 amide bonds. The van der Waals surface area contributed by atoms with Gasteiger partial charge in [-0.1, -0.05) is 48.5 Å². The van der Waals surface area contributed by atoms with Crippen LogP contribution in [0.2, 0.25) is 0 Å². The molecule has 0 radical (unpaired) electrons. The highest BCUT2D eigenvalue weighted by Gasteiger charge is 2.24. The van der Waals surface area contributed by atoms with Gasteiger partial charge in [0.05, 0.1) is 7.11 Å². The van der Waals surface area contributed by atoms with Crippen LogP contribution < -0.4 is 20.0 Å². The van der Waals surface area contributed by atoms with E-state index in [9.17, 15) is 4.79 Å². The van der Waals surface area contributed by atoms with Crippen LogP contribution in [0.5, 0.6) is 5.75 Å². The first-order chi connectivity index (χ1) is 14.2. The van der Waals surface area contributed by atoms with E-state index in [4.69, 9.17) is 4.74 Å². The summed E-state index contributed by atoms with van der Waals surface area (Å²) in [6.07, 6.45) is 5.27. The number of ether oxygens (including phenoxy) is 1. The van der Waals surface area contributed by atoms with Crippen molar-refractivity contribution in [2.75, 3.05) is 39.8 Å². The van der Waals surface area contributed by atoms with E-state index in [1.165, 1.54) is 10.5 Å². The summed E-state index contributed by atoms with van der Waals surface area (Å²) in [6, 6.07) is 18.3. The molecule has 1 saturated heterocycles. The second-order valence-electron chi connectivity index (χ2n) is 7.25. The monoisotopic (exact) mass is 394 g/mol. The molecule has 0 saturated carbocycles. The van der Waals surface area contributed by atoms with Gasteiger partial charge in [-0.3, -0.25) is 4.79 Å². The van der Waals surface area contributed by atoms with E-state index in [0.717, 1.165) is 44.0 Å². The average Bonchev–Trinajstić information content (AvgIpc) is 2.76. The third-order valence-electron chi connectivity index (χ3n) is 5.14. The van der Waals surface area contributed by atoms with Crippen molar-refractivity contribution in [1.82, 2.24) is 5.43 Å². The predicted octanol–water partition coefficient (Wildman–Crippen LogP) is -0.206. The maximum Gasteiger partial charge on any atom is 0.295 e. The number of nitrogens with one attached hydrogen (secondary N) is 3. The maximum atomic E-state index is 12.1. The minimum atomic E-state index is -0.0477. The number of rotatable bonds is 8. The number of methoxy groups -OCH3 is 1. The topological polar surface area (TPSA) is 59.6 Å². The van der Waals surface area contributed by atoms with Crippen molar-refractivity contribution in [1.29, 1.82) is 0 Å². The summed E-state index contributed by atoms with van der Waals surface area (Å²) in [5.41, 5.74) is 4.96. The van der Waals surface area contributed by atoms with E-state index >= 15 is 0 Å². The van der Waals surface area contributed by atoms with E-state index in [2.05, 4.69) is 40.9 Å². The quantitative estimate of drug-likeness (QED) is 0.429. The Kier molecular flexibility index (Phi) is 7.98. The van der Waals surface area contributed by atoms with Crippen LogP contribution in [0.4, 0.5) is 0 Å². The van der Waals surface area contributed by atoms with Gasteiger partial charge < -0.3 is 14.5 Å². The van der Waals surface area contributed by atoms with Crippen LogP contribution in [0.3, 0.4) is 0 Å². The Morgan fingerprint density at radius 3 is 2.48 bits per heavy atom. The summed E-state index contributed by atoms with van der Waals surface area (Å²) >= 11 is 0. The lowest BCUT2D eigenvalue weighted by Gasteiger charge is -2.29. The number of benzene rings is 2. The Morgan fingerprint density at radius 2 is 1.72 bits per heavy atom. The molecule has 29 heavy (non-hydrogen) atoms. The SMILES string of the molecule is COc1ccccc1/C=C/C=N\NC(=O)C[NH+]1CC[NH+](Cc2ccccc2)CC1. The number of hydrogen-bond donors (Lipinski definition) is 3. The number of carbonyl (C=O) groups excluding carboxylic acids is 1. The fourth-order valence-electron chi connectivity index (χ4n) is 3.56. The predicted molar refractivity (Wildman–Crippen MR) is 115 cm³/mol. The summed E-state index contributed by atoms with van der Waals surface area (Å²) in [5.74, 6) is 0.756. The molecule has 1 fully saturated rings. The van der Waals surface area contributed by atoms with Crippen LogP contribution in [0.15, 0.2) is 65.8 Å². The first-order valence-corrected chi connectivity index (χ1v) is 10.1. The molecule has 6 nitrogen and oxygen atoms in total. The van der Waals surface area contributed by atoms with Gasteiger partial charge in [-0.2, -0.15) is 5.10 Å². The van der Waals surface area contributed by atoms with Gasteiger partial charge in [0, 0.05) is 17.3 Å². The number of hydrogen-bond acceptors (Lipinski definition) is 3. The molecule has 2 aromatic carbocycles. The van der Waals surface area contributed by atoms with Crippen molar-refractivity contribution < 1.29 is 19.3 Å². The van der Waals surface area contributed by atoms with Gasteiger partial charge >= 0.3 is 0 Å². The molecule has 0 atom stereocenters. The average molecular weight is 395 g/mol. The molecule has 0 spiro atoms. The van der Waals surface area contributed by atoms with E-state index < -0.39 is 0 Å². The molecule has 0 aliphatic carbocycles. The summed E-state index contributed by atoms with van der Waals surface area (Å²) < 4.78 is 5.30. The third kappa shape index (κ3) is 6.85. The number of hydrazone groups is 1. The van der Waals surface area contributed by atoms with Crippen molar-refractivity contribution in [3.8, 4) is 5.75 Å². The van der Waals surface area contributed by atoms with E-state index in [0.29, 0.717) is 6.54 Å². The largest absolute Gasteiger partial charge is 0.496 e. The van der Waals surface area contributed by atoms with Crippen LogP contribution in [0.1, 0.15) is 11.1 Å². The smallest absolute Gasteiger partial charge is 0.295 e. The zero-order chi connectivity index (χ0) is 20.3. The fourth-order valence-corrected chi connectivity index (χ4v) is 3.56. The lowest BCUT2D eigenvalue weighted by atomic mass is 10.2. The molecule has 152 valence electrons. The van der Waals surface area contributed by atoms with E-state index in [1.807, 2.05) is 30.3 Å². The standard InChI is InChI=1S/C23H28N4O2/c1-29-22-12-6-5-10-21(22)11-7-13-24-25-23(28)19-27-16-14-26(15-17-27)18-20-8-3-2-4-9-20/h2-13H,14-19H2,1H3,(H,25,28)/p+2/b11-7+,24-13-. The molecule has 2 aromatic rings. The number of allylic oxidation sites excluding steroid dienone is 1. The van der Waals surface area contributed by atoms with Gasteiger partial charge in [0.15, 0.2) is 6.54 Å². The molecule has 1 aliphatic heterocycles. The molecule has 1 heterocycles. The molecule has 3 N–H and O–H groups in total. The summed E-state index contributed by atoms with van der Waals surface area (Å²) in [5, 5.41) is 4.01. The van der Waals surface area contributed by atoms with Crippen molar-refractivity contribution in [2.45, 2.75) is 6.54 Å². The van der Waals surface area contributed by atoms with Gasteiger partial charge in [-0.15, -0.1) is 0 Å². The molecule has 0 aromatic heterocycles. The zero-order valence-electron chi connectivity index (χ0n) is 16.9. The Labute approximate surface area is 172 Å². The second kappa shape index (κ2) is 11.1. The number of carbonyl (C=O) groups is 1. The summed E-state index contributed by atoms with van der Waals surface area (Å²) in [6.45, 7) is 5.71. The third-order valence-corrected chi connectivity index (χ3v) is 5.14. The Hall–Kier alpha value is -2.96. The molecular weight excluding hydrogens is 364 g/mol. The van der Waals surface area contributed by atoms with Crippen molar-refractivity contribution in [3.05, 3.63) is 71.8 Å². The number of piperazine rings is 1. The molecule has 0 bridgehead atoms. The van der Waals surface area contributed by atoms with Gasteiger partial charge in [0.2, 0.25) is 0 Å². The first-order valence-electron chi connectivity index (χ1n) is 10.1. The van der Waals surface area contributed by atoms with Crippen molar-refractivity contribution >= 4 is 18.2 Å². The van der Waals surface area contributed by atoms with Gasteiger partial charge in [-0.25, -0.2) is 5.43 Å². The van der Waals surface area contributed by atoms with Gasteiger partial charge in [0.1, 0.15) is 38.5 Å². The van der Waals surface area contributed by atoms with Crippen LogP contribution in [0, 0.1) is 0 Å². The Balaban J connectivity index is 1.36. The van der Waals surface area contributed by atoms with Crippen molar-refractivity contribution in [3.63, 3.8) is 0 Å². The molecule has 3 rings (SSSR count). The number of quaternary nitrogens is 2. The second-order valence-corrected chi connectivity index (χ2v) is 7.25. The summed E-state index contributed by atoms with van der Waals surface area (Å²) in [7, 11) is 1.65. The Bertz CT molecular complexity index is 828. The number of para-hydroxylation sites is 1. The lowest BCUT2D eigenvalue weighted by molar-refractivity contribution is -1.02. The molecule has 0 unspecified atom stereocenters. The van der Waals surface area contributed by atoms with Gasteiger partial charge in [-0.05, 0) is 18.2 Å². The van der Waals surface area contributed by atoms with Crippen LogP contribution in [-0.4, -0.2) is 52.0 Å². The van der Waals surface area contributed by atoms with Crippen LogP contribution >= 0.6 is 0 Å². The summed E-state index contributed by atoms with van der Waals surface area (Å²) in [4.78, 5) is 15.0. The molecule has 1 aliphatic rings. The number of amides is 1. The zero-order valence-corrected chi connectivity index (χ0v) is 16.9. The highest BCUT2D eigenvalue weighted by atomic mass is 16.5. The molecular formula is C23H30N4O2+2. The lowest BCUT2D eigenvalue weighted by Crippen LogP contribution is -3.28. The van der Waals surface area contributed by atoms with E-state index in [1.54, 1.807) is 24.3 Å². The van der Waals surface area contributed by atoms with Gasteiger partial charge in [0.25, 0.3) is 5.91 Å². The molecule has 6 heteroatoms. The maximum absolute atomic E-state index is 12.1. The van der Waals surface area contributed by atoms with Crippen LogP contribution in [0.25, 0.3) is 6.08 Å². The van der Waals surface area contributed by atoms with Crippen molar-refractivity contribution in [2.24, 2.45) is 5.10 Å². The number of nitrogens with zero attached hydrogens (tertiary/aromatic N) is 1. The Morgan fingerprint density at radius 1 is 1.03 bits per heavy atom. The fraction of sp³-hybridized carbons (Fsp3) is 0.304. The van der Waals surface area contributed by atoms with Crippen LogP contribution in [-0.2, 0) is 11.3 Å². The highest BCUT2D eigenvalue weighted by Crippen LogP contribution is 2.18. The normalized spacial score (nSPS) is 19.5. The minimum absolute atomic E-state index is 0.0477. The first kappa shape index (κ1) is 20.8. The highest BCUT2D eigenvalue weighted by molar-refractivity contribution is 5.82.